The predicted octanol–water partition coefficient (Wildman–Crippen LogP) is 3.61. The first-order chi connectivity index (χ1) is 11.8. The van der Waals surface area contributed by atoms with Gasteiger partial charge in [0.15, 0.2) is 0 Å². The minimum Gasteiger partial charge on any atom is -0.444 e. The van der Waals surface area contributed by atoms with Crippen molar-refractivity contribution in [2.75, 3.05) is 24.5 Å². The summed E-state index contributed by atoms with van der Waals surface area (Å²) in [5.41, 5.74) is 1.84. The number of hydrogen-bond acceptors (Lipinski definition) is 3. The highest BCUT2D eigenvalue weighted by molar-refractivity contribution is 5.96. The number of hydrogen-bond donors (Lipinski definition) is 0. The fourth-order valence-corrected chi connectivity index (χ4v) is 3.62. The zero-order valence-electron chi connectivity index (χ0n) is 15.5. The van der Waals surface area contributed by atoms with Crippen molar-refractivity contribution in [2.24, 2.45) is 5.92 Å². The Kier molecular flexibility index (Phi) is 5.02. The molecule has 1 saturated heterocycles. The molecule has 0 unspecified atom stereocenters. The highest BCUT2D eigenvalue weighted by Crippen LogP contribution is 2.30. The first-order valence-corrected chi connectivity index (χ1v) is 9.22. The summed E-state index contributed by atoms with van der Waals surface area (Å²) in [7, 11) is 0. The van der Waals surface area contributed by atoms with Gasteiger partial charge in [-0.05, 0) is 58.1 Å². The molecule has 0 N–H and O–H groups in total. The number of rotatable bonds is 1. The first kappa shape index (κ1) is 17.8. The van der Waals surface area contributed by atoms with Crippen molar-refractivity contribution in [1.82, 2.24) is 4.90 Å². The SMILES string of the molecule is CC(C)(C)OC(=O)N1CCC(C(=O)N2CCCc3ccccc32)CC1. The van der Waals surface area contributed by atoms with Gasteiger partial charge in [0.1, 0.15) is 5.60 Å². The molecule has 0 atom stereocenters. The number of carbonyl (C=O) groups excluding carboxylic acids is 2. The molecule has 2 heterocycles. The van der Waals surface area contributed by atoms with Gasteiger partial charge in [-0.2, -0.15) is 0 Å². The molecule has 3 rings (SSSR count). The van der Waals surface area contributed by atoms with E-state index in [1.54, 1.807) is 4.90 Å². The number of anilines is 1. The molecule has 0 spiro atoms. The van der Waals surface area contributed by atoms with E-state index >= 15 is 0 Å². The van der Waals surface area contributed by atoms with Gasteiger partial charge >= 0.3 is 6.09 Å². The number of benzene rings is 1. The van der Waals surface area contributed by atoms with E-state index in [1.807, 2.05) is 43.9 Å². The van der Waals surface area contributed by atoms with Crippen molar-refractivity contribution in [3.05, 3.63) is 29.8 Å². The number of piperidine rings is 1. The van der Waals surface area contributed by atoms with Crippen molar-refractivity contribution in [3.63, 3.8) is 0 Å². The molecular weight excluding hydrogens is 316 g/mol. The third kappa shape index (κ3) is 4.14. The van der Waals surface area contributed by atoms with Crippen molar-refractivity contribution >= 4 is 17.7 Å². The lowest BCUT2D eigenvalue weighted by Gasteiger charge is -2.36. The van der Waals surface area contributed by atoms with Crippen LogP contribution in [0.4, 0.5) is 10.5 Å². The van der Waals surface area contributed by atoms with Gasteiger partial charge in [-0.25, -0.2) is 4.79 Å². The predicted molar refractivity (Wildman–Crippen MR) is 97.6 cm³/mol. The molecule has 2 aliphatic heterocycles. The summed E-state index contributed by atoms with van der Waals surface area (Å²) < 4.78 is 5.43. The Morgan fingerprint density at radius 3 is 2.44 bits per heavy atom. The molecule has 1 aromatic carbocycles. The summed E-state index contributed by atoms with van der Waals surface area (Å²) in [6.45, 7) is 7.57. The smallest absolute Gasteiger partial charge is 0.410 e. The van der Waals surface area contributed by atoms with Gasteiger partial charge in [-0.1, -0.05) is 18.2 Å². The van der Waals surface area contributed by atoms with Crippen LogP contribution in [0.15, 0.2) is 24.3 Å². The van der Waals surface area contributed by atoms with E-state index in [4.69, 9.17) is 4.74 Å². The number of carbonyl (C=O) groups is 2. The van der Waals surface area contributed by atoms with Gasteiger partial charge in [0, 0.05) is 31.2 Å². The van der Waals surface area contributed by atoms with E-state index in [0.29, 0.717) is 25.9 Å². The number of ether oxygens (including phenoxy) is 1. The topological polar surface area (TPSA) is 49.9 Å². The van der Waals surface area contributed by atoms with Crippen LogP contribution in [0.2, 0.25) is 0 Å². The Hall–Kier alpha value is -2.04. The van der Waals surface area contributed by atoms with Crippen LogP contribution in [0, 0.1) is 5.92 Å². The molecule has 0 saturated carbocycles. The molecule has 136 valence electrons. The van der Waals surface area contributed by atoms with Gasteiger partial charge < -0.3 is 14.5 Å². The van der Waals surface area contributed by atoms with Crippen LogP contribution < -0.4 is 4.90 Å². The average Bonchev–Trinajstić information content (AvgIpc) is 2.59. The second kappa shape index (κ2) is 7.06. The van der Waals surface area contributed by atoms with E-state index in [2.05, 4.69) is 6.07 Å². The molecule has 0 aliphatic carbocycles. The van der Waals surface area contributed by atoms with Crippen LogP contribution in [0.5, 0.6) is 0 Å². The molecule has 0 bridgehead atoms. The van der Waals surface area contributed by atoms with Crippen LogP contribution in [0.3, 0.4) is 0 Å². The largest absolute Gasteiger partial charge is 0.444 e. The molecular formula is C20H28N2O3. The zero-order chi connectivity index (χ0) is 18.0. The average molecular weight is 344 g/mol. The standard InChI is InChI=1S/C20H28N2O3/c1-20(2,3)25-19(24)21-13-10-16(11-14-21)18(23)22-12-6-8-15-7-4-5-9-17(15)22/h4-5,7,9,16H,6,8,10-14H2,1-3H3. The molecule has 5 nitrogen and oxygen atoms in total. The summed E-state index contributed by atoms with van der Waals surface area (Å²) in [6, 6.07) is 8.18. The second-order valence-electron chi connectivity index (χ2n) is 7.96. The Bertz CT molecular complexity index is 643. The summed E-state index contributed by atoms with van der Waals surface area (Å²) in [5, 5.41) is 0. The number of fused-ring (bicyclic) bond motifs is 1. The van der Waals surface area contributed by atoms with E-state index in [1.165, 1.54) is 5.56 Å². The Morgan fingerprint density at radius 2 is 1.76 bits per heavy atom. The first-order valence-electron chi connectivity index (χ1n) is 9.22. The third-order valence-corrected chi connectivity index (χ3v) is 4.87. The van der Waals surface area contributed by atoms with Crippen LogP contribution >= 0.6 is 0 Å². The van der Waals surface area contributed by atoms with Crippen molar-refractivity contribution in [3.8, 4) is 0 Å². The quantitative estimate of drug-likeness (QED) is 0.782. The maximum Gasteiger partial charge on any atom is 0.410 e. The number of aryl methyl sites for hydroxylation is 1. The zero-order valence-corrected chi connectivity index (χ0v) is 15.5. The van der Waals surface area contributed by atoms with Gasteiger partial charge in [-0.15, -0.1) is 0 Å². The lowest BCUT2D eigenvalue weighted by Crippen LogP contribution is -2.46. The Labute approximate surface area is 149 Å². The van der Waals surface area contributed by atoms with Crippen molar-refractivity contribution in [1.29, 1.82) is 0 Å². The number of para-hydroxylation sites is 1. The van der Waals surface area contributed by atoms with Crippen LogP contribution in [-0.2, 0) is 16.0 Å². The lowest BCUT2D eigenvalue weighted by molar-refractivity contribution is -0.123. The van der Waals surface area contributed by atoms with Gasteiger partial charge in [0.2, 0.25) is 5.91 Å². The second-order valence-corrected chi connectivity index (χ2v) is 7.96. The van der Waals surface area contributed by atoms with Crippen LogP contribution in [-0.4, -0.2) is 42.1 Å². The monoisotopic (exact) mass is 344 g/mol. The van der Waals surface area contributed by atoms with Gasteiger partial charge in [0.25, 0.3) is 0 Å². The molecule has 2 aliphatic rings. The van der Waals surface area contributed by atoms with E-state index in [0.717, 1.165) is 25.1 Å². The summed E-state index contributed by atoms with van der Waals surface area (Å²) in [6.07, 6.45) is 3.19. The fourth-order valence-electron chi connectivity index (χ4n) is 3.62. The number of amides is 2. The fraction of sp³-hybridized carbons (Fsp3) is 0.600. The normalized spacial score (nSPS) is 18.7. The van der Waals surface area contributed by atoms with Crippen LogP contribution in [0.1, 0.15) is 45.6 Å². The minimum absolute atomic E-state index is 0.00940. The highest BCUT2D eigenvalue weighted by Gasteiger charge is 2.33. The molecule has 0 aromatic heterocycles. The lowest BCUT2D eigenvalue weighted by atomic mass is 9.93. The highest BCUT2D eigenvalue weighted by atomic mass is 16.6. The van der Waals surface area contributed by atoms with Crippen molar-refractivity contribution in [2.45, 2.75) is 52.1 Å². The summed E-state index contributed by atoms with van der Waals surface area (Å²) >= 11 is 0. The van der Waals surface area contributed by atoms with E-state index in [-0.39, 0.29) is 17.9 Å². The van der Waals surface area contributed by atoms with Crippen molar-refractivity contribution < 1.29 is 14.3 Å². The maximum atomic E-state index is 13.0. The molecule has 2 amide bonds. The van der Waals surface area contributed by atoms with Crippen LogP contribution in [0.25, 0.3) is 0 Å². The molecule has 25 heavy (non-hydrogen) atoms. The molecule has 5 heteroatoms. The van der Waals surface area contributed by atoms with E-state index < -0.39 is 5.60 Å². The summed E-state index contributed by atoms with van der Waals surface area (Å²) in [5.74, 6) is 0.195. The number of nitrogens with zero attached hydrogens (tertiary/aromatic N) is 2. The summed E-state index contributed by atoms with van der Waals surface area (Å²) in [4.78, 5) is 28.8. The Balaban J connectivity index is 1.60. The van der Waals surface area contributed by atoms with E-state index in [9.17, 15) is 9.59 Å². The van der Waals surface area contributed by atoms with Gasteiger partial charge in [-0.3, -0.25) is 4.79 Å². The molecule has 1 fully saturated rings. The Morgan fingerprint density at radius 1 is 1.08 bits per heavy atom. The van der Waals surface area contributed by atoms with Gasteiger partial charge in [0.05, 0.1) is 0 Å². The maximum absolute atomic E-state index is 13.0. The number of likely N-dealkylation sites (tertiary alicyclic amines) is 1. The molecule has 1 aromatic rings. The third-order valence-electron chi connectivity index (χ3n) is 4.87. The minimum atomic E-state index is -0.485. The molecule has 0 radical (unpaired) electrons.